The van der Waals surface area contributed by atoms with Gasteiger partial charge < -0.3 is 5.11 Å². The number of anilines is 1. The van der Waals surface area contributed by atoms with Crippen molar-refractivity contribution in [3.63, 3.8) is 0 Å². The van der Waals surface area contributed by atoms with Crippen LogP contribution in [-0.4, -0.2) is 28.8 Å². The van der Waals surface area contributed by atoms with E-state index in [0.717, 1.165) is 5.01 Å². The van der Waals surface area contributed by atoms with Crippen molar-refractivity contribution in [1.82, 2.24) is 0 Å². The largest absolute Gasteiger partial charge is 0.431 e. The first-order valence-electron chi connectivity index (χ1n) is 8.20. The Balaban J connectivity index is 2.21. The maximum Gasteiger partial charge on any atom is 0.431 e. The van der Waals surface area contributed by atoms with Crippen LogP contribution >= 0.6 is 39.1 Å². The summed E-state index contributed by atoms with van der Waals surface area (Å²) < 4.78 is 81.0. The van der Waals surface area contributed by atoms with Crippen molar-refractivity contribution in [1.29, 1.82) is 0 Å². The molecule has 0 saturated carbocycles. The third-order valence-corrected chi connectivity index (χ3v) is 5.71. The molecule has 12 heteroatoms. The van der Waals surface area contributed by atoms with Crippen LogP contribution in [0, 0.1) is 0 Å². The van der Waals surface area contributed by atoms with Crippen molar-refractivity contribution in [3.8, 4) is 0 Å². The molecule has 1 atom stereocenters. The second kappa shape index (κ2) is 7.89. The third kappa shape index (κ3) is 3.90. The fraction of sp³-hybridized carbons (Fsp3) is 0.278. The summed E-state index contributed by atoms with van der Waals surface area (Å²) in [6, 6.07) is 9.23. The molecule has 0 fully saturated rings. The number of benzene rings is 2. The summed E-state index contributed by atoms with van der Waals surface area (Å²) in [5, 5.41) is 14.2. The SMILES string of the molecule is OC(C1=NN(c2c(Cl)cccc2Cl)C(c2ccc(Br)cc2)C1)(C(F)(F)F)C(F)(F)F. The zero-order valence-electron chi connectivity index (χ0n) is 14.6. The number of alkyl halides is 6. The molecule has 0 spiro atoms. The Kier molecular flexibility index (Phi) is 6.09. The lowest BCUT2D eigenvalue weighted by Crippen LogP contribution is -2.62. The fourth-order valence-corrected chi connectivity index (χ4v) is 3.91. The summed E-state index contributed by atoms with van der Waals surface area (Å²) in [5.41, 5.74) is -6.36. The highest BCUT2D eigenvalue weighted by molar-refractivity contribution is 9.10. The van der Waals surface area contributed by atoms with Crippen LogP contribution in [0.2, 0.25) is 10.0 Å². The molecule has 1 unspecified atom stereocenters. The molecule has 1 heterocycles. The highest BCUT2D eigenvalue weighted by atomic mass is 79.9. The number of hydrazone groups is 1. The molecule has 3 rings (SSSR count). The third-order valence-electron chi connectivity index (χ3n) is 4.57. The molecule has 1 aliphatic rings. The number of aliphatic hydroxyl groups is 1. The van der Waals surface area contributed by atoms with E-state index in [9.17, 15) is 31.4 Å². The van der Waals surface area contributed by atoms with Gasteiger partial charge in [0.05, 0.1) is 27.5 Å². The fourth-order valence-electron chi connectivity index (χ4n) is 3.08. The quantitative estimate of drug-likeness (QED) is 0.433. The Hall–Kier alpha value is -1.49. The molecule has 0 amide bonds. The topological polar surface area (TPSA) is 35.8 Å². The summed E-state index contributed by atoms with van der Waals surface area (Å²) in [6.07, 6.45) is -13.0. The first-order chi connectivity index (χ1) is 13.8. The van der Waals surface area contributed by atoms with Crippen LogP contribution in [0.1, 0.15) is 18.0 Å². The lowest BCUT2D eigenvalue weighted by molar-refractivity contribution is -0.338. The number of nitrogens with zero attached hydrogens (tertiary/aromatic N) is 2. The normalized spacial score (nSPS) is 18.0. The van der Waals surface area contributed by atoms with Crippen molar-refractivity contribution in [3.05, 3.63) is 62.5 Å². The van der Waals surface area contributed by atoms with Crippen molar-refractivity contribution in [2.75, 3.05) is 5.01 Å². The molecule has 0 aliphatic carbocycles. The molecule has 0 bridgehead atoms. The highest BCUT2D eigenvalue weighted by Crippen LogP contribution is 2.50. The Labute approximate surface area is 185 Å². The summed E-state index contributed by atoms with van der Waals surface area (Å²) in [5.74, 6) is 0. The minimum atomic E-state index is -6.05. The molecule has 0 radical (unpaired) electrons. The molecular formula is C18H11BrCl2F6N2O. The standard InChI is InChI=1S/C18H11BrCl2F6N2O/c19-10-6-4-9(5-7-10)13-8-14(16(30,17(22,23)24)18(25,26)27)28-29(13)15-11(20)2-1-3-12(15)21/h1-7,13,30H,8H2. The Morgan fingerprint density at radius 3 is 1.90 bits per heavy atom. The van der Waals surface area contributed by atoms with Gasteiger partial charge >= 0.3 is 12.4 Å². The van der Waals surface area contributed by atoms with Crippen molar-refractivity contribution in [2.24, 2.45) is 5.10 Å². The van der Waals surface area contributed by atoms with Gasteiger partial charge in [-0.2, -0.15) is 31.4 Å². The predicted octanol–water partition coefficient (Wildman–Crippen LogP) is 6.92. The van der Waals surface area contributed by atoms with E-state index in [-0.39, 0.29) is 15.7 Å². The minimum absolute atomic E-state index is 0.0304. The second-order valence-corrected chi connectivity index (χ2v) is 8.17. The molecule has 30 heavy (non-hydrogen) atoms. The first-order valence-corrected chi connectivity index (χ1v) is 9.74. The zero-order valence-corrected chi connectivity index (χ0v) is 17.7. The van der Waals surface area contributed by atoms with Gasteiger partial charge in [0.1, 0.15) is 0 Å². The van der Waals surface area contributed by atoms with Gasteiger partial charge in [-0.25, -0.2) is 0 Å². The van der Waals surface area contributed by atoms with E-state index in [2.05, 4.69) is 21.0 Å². The molecular weight excluding hydrogens is 525 g/mol. The van der Waals surface area contributed by atoms with E-state index >= 15 is 0 Å². The average Bonchev–Trinajstić information content (AvgIpc) is 3.04. The number of para-hydroxylation sites is 1. The van der Waals surface area contributed by atoms with E-state index in [1.807, 2.05) is 0 Å². The Bertz CT molecular complexity index is 944. The van der Waals surface area contributed by atoms with Crippen LogP contribution < -0.4 is 5.01 Å². The Morgan fingerprint density at radius 2 is 1.43 bits per heavy atom. The van der Waals surface area contributed by atoms with Crippen LogP contribution in [0.15, 0.2) is 52.0 Å². The number of hydrogen-bond acceptors (Lipinski definition) is 3. The maximum atomic E-state index is 13.4. The van der Waals surface area contributed by atoms with Crippen LogP contribution in [0.25, 0.3) is 0 Å². The van der Waals surface area contributed by atoms with Gasteiger partial charge in [-0.1, -0.05) is 57.3 Å². The highest BCUT2D eigenvalue weighted by Gasteiger charge is 2.74. The number of halogens is 9. The van der Waals surface area contributed by atoms with Crippen LogP contribution in [0.5, 0.6) is 0 Å². The second-order valence-electron chi connectivity index (χ2n) is 6.44. The van der Waals surface area contributed by atoms with E-state index in [1.54, 1.807) is 12.1 Å². The molecule has 0 aromatic heterocycles. The van der Waals surface area contributed by atoms with Gasteiger partial charge in [-0.05, 0) is 29.8 Å². The lowest BCUT2D eigenvalue weighted by Gasteiger charge is -2.32. The van der Waals surface area contributed by atoms with Gasteiger partial charge in [-0.3, -0.25) is 5.01 Å². The van der Waals surface area contributed by atoms with E-state index < -0.39 is 36.1 Å². The summed E-state index contributed by atoms with van der Waals surface area (Å²) in [7, 11) is 0. The summed E-state index contributed by atoms with van der Waals surface area (Å²) in [6.45, 7) is 0. The number of rotatable bonds is 3. The molecule has 0 saturated heterocycles. The number of hydrogen-bond donors (Lipinski definition) is 1. The summed E-state index contributed by atoms with van der Waals surface area (Å²) in [4.78, 5) is 0. The lowest BCUT2D eigenvalue weighted by atomic mass is 9.90. The first kappa shape index (κ1) is 23.2. The molecule has 2 aromatic rings. The van der Waals surface area contributed by atoms with Crippen LogP contribution in [-0.2, 0) is 0 Å². The molecule has 162 valence electrons. The molecule has 2 aromatic carbocycles. The van der Waals surface area contributed by atoms with Crippen LogP contribution in [0.3, 0.4) is 0 Å². The van der Waals surface area contributed by atoms with E-state index in [1.165, 1.54) is 30.3 Å². The van der Waals surface area contributed by atoms with E-state index in [4.69, 9.17) is 23.2 Å². The average molecular weight is 536 g/mol. The molecule has 1 aliphatic heterocycles. The molecule has 3 nitrogen and oxygen atoms in total. The van der Waals surface area contributed by atoms with Crippen molar-refractivity contribution in [2.45, 2.75) is 30.4 Å². The van der Waals surface area contributed by atoms with Crippen LogP contribution in [0.4, 0.5) is 32.0 Å². The van der Waals surface area contributed by atoms with Crippen molar-refractivity contribution >= 4 is 50.5 Å². The smallest absolute Gasteiger partial charge is 0.369 e. The van der Waals surface area contributed by atoms with Gasteiger partial charge in [0.2, 0.25) is 0 Å². The van der Waals surface area contributed by atoms with Gasteiger partial charge in [0, 0.05) is 10.9 Å². The van der Waals surface area contributed by atoms with Gasteiger partial charge in [0.15, 0.2) is 0 Å². The van der Waals surface area contributed by atoms with E-state index in [0.29, 0.717) is 10.0 Å². The zero-order chi connectivity index (χ0) is 22.5. The summed E-state index contributed by atoms with van der Waals surface area (Å²) >= 11 is 15.5. The minimum Gasteiger partial charge on any atom is -0.369 e. The van der Waals surface area contributed by atoms with Gasteiger partial charge in [0.25, 0.3) is 5.60 Å². The van der Waals surface area contributed by atoms with Gasteiger partial charge in [-0.15, -0.1) is 0 Å². The molecule has 1 N–H and O–H groups in total. The Morgan fingerprint density at radius 1 is 0.933 bits per heavy atom. The monoisotopic (exact) mass is 534 g/mol. The predicted molar refractivity (Wildman–Crippen MR) is 105 cm³/mol. The van der Waals surface area contributed by atoms with Crippen molar-refractivity contribution < 1.29 is 31.4 Å². The maximum absolute atomic E-state index is 13.4.